The van der Waals surface area contributed by atoms with E-state index in [-0.39, 0.29) is 25.5 Å². The molecular formula is C17H31N3O7. The van der Waals surface area contributed by atoms with Crippen LogP contribution >= 0.6 is 0 Å². The average Bonchev–Trinajstić information content (AvgIpc) is 2.62. The number of carbonyl (C=O) groups is 1. The third-order valence-electron chi connectivity index (χ3n) is 4.53. The normalized spacial score (nSPS) is 29.1. The van der Waals surface area contributed by atoms with Gasteiger partial charge in [-0.05, 0) is 25.3 Å². The van der Waals surface area contributed by atoms with E-state index in [1.54, 1.807) is 6.92 Å². The first kappa shape index (κ1) is 23.8. The second-order valence-corrected chi connectivity index (χ2v) is 6.85. The summed E-state index contributed by atoms with van der Waals surface area (Å²) in [6.45, 7) is 1.45. The van der Waals surface area contributed by atoms with Gasteiger partial charge in [0.2, 0.25) is 0 Å². The van der Waals surface area contributed by atoms with Crippen LogP contribution in [0.5, 0.6) is 0 Å². The van der Waals surface area contributed by atoms with Gasteiger partial charge in [0.15, 0.2) is 6.29 Å². The van der Waals surface area contributed by atoms with E-state index in [2.05, 4.69) is 10.0 Å². The fourth-order valence-electron chi connectivity index (χ4n) is 3.10. The van der Waals surface area contributed by atoms with Gasteiger partial charge < -0.3 is 34.3 Å². The zero-order valence-electron chi connectivity index (χ0n) is 15.9. The lowest BCUT2D eigenvalue weighted by atomic mass is 9.86. The molecule has 1 aliphatic rings. The molecule has 0 saturated carbocycles. The quantitative estimate of drug-likeness (QED) is 0.183. The van der Waals surface area contributed by atoms with Crippen molar-refractivity contribution in [1.29, 1.82) is 0 Å². The van der Waals surface area contributed by atoms with Gasteiger partial charge in [0.1, 0.15) is 18.0 Å². The monoisotopic (exact) mass is 389 g/mol. The van der Waals surface area contributed by atoms with Gasteiger partial charge in [-0.2, -0.15) is 0 Å². The molecule has 1 heterocycles. The molecule has 0 aliphatic carbocycles. The van der Waals surface area contributed by atoms with Crippen LogP contribution in [0.3, 0.4) is 0 Å². The van der Waals surface area contributed by atoms with Gasteiger partial charge in [-0.15, -0.1) is 0 Å². The highest BCUT2D eigenvalue weighted by Crippen LogP contribution is 2.31. The number of rotatable bonds is 13. The predicted octanol–water partition coefficient (Wildman–Crippen LogP) is 0.923. The number of aliphatic hydroxyl groups is 3. The summed E-state index contributed by atoms with van der Waals surface area (Å²) in [5, 5.41) is 33.9. The van der Waals surface area contributed by atoms with Crippen LogP contribution in [0.15, 0.2) is 5.11 Å². The summed E-state index contributed by atoms with van der Waals surface area (Å²) in [5.74, 6) is -0.366. The first-order chi connectivity index (χ1) is 12.9. The third-order valence-corrected chi connectivity index (χ3v) is 4.53. The summed E-state index contributed by atoms with van der Waals surface area (Å²) in [5.41, 5.74) is 8.46. The van der Waals surface area contributed by atoms with Crippen LogP contribution in [-0.2, 0) is 19.0 Å². The molecule has 3 N–H and O–H groups in total. The number of azide groups is 1. The van der Waals surface area contributed by atoms with Gasteiger partial charge >= 0.3 is 0 Å². The fourth-order valence-corrected chi connectivity index (χ4v) is 3.10. The van der Waals surface area contributed by atoms with Crippen molar-refractivity contribution in [1.82, 2.24) is 0 Å². The maximum atomic E-state index is 11.0. The zero-order valence-corrected chi connectivity index (χ0v) is 15.9. The third kappa shape index (κ3) is 8.52. The Morgan fingerprint density at radius 3 is 2.63 bits per heavy atom. The molecule has 0 aromatic heterocycles. The predicted molar refractivity (Wildman–Crippen MR) is 95.8 cm³/mol. The summed E-state index contributed by atoms with van der Waals surface area (Å²) in [6, 6.07) is 0. The van der Waals surface area contributed by atoms with Crippen molar-refractivity contribution in [2.45, 2.75) is 69.7 Å². The number of carbonyl (C=O) groups excluding carboxylic acids is 1. The van der Waals surface area contributed by atoms with Crippen LogP contribution in [0.25, 0.3) is 10.4 Å². The molecule has 0 bridgehead atoms. The van der Waals surface area contributed by atoms with Crippen molar-refractivity contribution in [3.05, 3.63) is 10.4 Å². The Morgan fingerprint density at radius 2 is 2.00 bits per heavy atom. The molecule has 10 nitrogen and oxygen atoms in total. The highest BCUT2D eigenvalue weighted by atomic mass is 16.7. The Kier molecular flexibility index (Phi) is 11.5. The average molecular weight is 389 g/mol. The molecule has 6 unspecified atom stereocenters. The van der Waals surface area contributed by atoms with Crippen molar-refractivity contribution in [2.24, 2.45) is 11.0 Å². The van der Waals surface area contributed by atoms with E-state index in [4.69, 9.17) is 19.7 Å². The minimum atomic E-state index is -1.21. The Balaban J connectivity index is 2.68. The first-order valence-corrected chi connectivity index (χ1v) is 9.21. The molecule has 1 saturated heterocycles. The minimum absolute atomic E-state index is 0.0591. The lowest BCUT2D eigenvalue weighted by Crippen LogP contribution is -2.56. The largest absolute Gasteiger partial charge is 0.390 e. The number of nitrogens with zero attached hydrogens (tertiary/aromatic N) is 3. The van der Waals surface area contributed by atoms with E-state index in [0.717, 1.165) is 19.3 Å². The van der Waals surface area contributed by atoms with Crippen LogP contribution in [0, 0.1) is 5.92 Å². The standard InChI is InChI=1S/C17H31N3O7/c1-11(21)6-4-3-5-7-13-15(23)16(24)14(8-19-20-18)27-17(13)26-10-12(22)9-25-2/h12-17,22-24H,3-10H2,1-2H3. The molecule has 1 rings (SSSR count). The molecule has 0 amide bonds. The highest BCUT2D eigenvalue weighted by molar-refractivity contribution is 5.75. The highest BCUT2D eigenvalue weighted by Gasteiger charge is 2.44. The molecule has 1 aliphatic heterocycles. The van der Waals surface area contributed by atoms with Crippen LogP contribution in [0.1, 0.15) is 39.0 Å². The SMILES string of the molecule is COCC(O)COC1OC(CN=[N+]=[N-])C(O)C(O)C1CCCCCC(C)=O. The lowest BCUT2D eigenvalue weighted by molar-refractivity contribution is -0.284. The second-order valence-electron chi connectivity index (χ2n) is 6.85. The molecular weight excluding hydrogens is 358 g/mol. The molecule has 6 atom stereocenters. The second kappa shape index (κ2) is 13.0. The Hall–Kier alpha value is -1.26. The molecule has 156 valence electrons. The topological polar surface area (TPSA) is 154 Å². The molecule has 1 fully saturated rings. The molecule has 10 heteroatoms. The van der Waals surface area contributed by atoms with Gasteiger partial charge in [-0.1, -0.05) is 18.0 Å². The van der Waals surface area contributed by atoms with Crippen LogP contribution < -0.4 is 0 Å². The summed E-state index contributed by atoms with van der Waals surface area (Å²) in [7, 11) is 1.46. The molecule has 0 aromatic carbocycles. The minimum Gasteiger partial charge on any atom is -0.390 e. The number of unbranched alkanes of at least 4 members (excludes halogenated alkanes) is 2. The van der Waals surface area contributed by atoms with E-state index in [1.165, 1.54) is 7.11 Å². The molecule has 0 radical (unpaired) electrons. The maximum Gasteiger partial charge on any atom is 0.163 e. The zero-order chi connectivity index (χ0) is 20.2. The number of hydrogen-bond donors (Lipinski definition) is 3. The summed E-state index contributed by atoms with van der Waals surface area (Å²) in [4.78, 5) is 13.6. The number of ether oxygens (including phenoxy) is 3. The van der Waals surface area contributed by atoms with Crippen molar-refractivity contribution in [3.63, 3.8) is 0 Å². The van der Waals surface area contributed by atoms with E-state index in [0.29, 0.717) is 12.8 Å². The molecule has 0 aromatic rings. The number of ketones is 1. The van der Waals surface area contributed by atoms with Gasteiger partial charge in [0, 0.05) is 24.4 Å². The Bertz CT molecular complexity index is 487. The van der Waals surface area contributed by atoms with E-state index in [1.807, 2.05) is 0 Å². The number of aliphatic hydroxyl groups excluding tert-OH is 3. The van der Waals surface area contributed by atoms with Crippen LogP contribution in [-0.4, -0.2) is 78.7 Å². The van der Waals surface area contributed by atoms with Crippen molar-refractivity contribution < 1.29 is 34.3 Å². The van der Waals surface area contributed by atoms with Crippen LogP contribution in [0.4, 0.5) is 0 Å². The lowest BCUT2D eigenvalue weighted by Gasteiger charge is -2.42. The smallest absolute Gasteiger partial charge is 0.163 e. The van der Waals surface area contributed by atoms with Crippen LogP contribution in [0.2, 0.25) is 0 Å². The first-order valence-electron chi connectivity index (χ1n) is 9.21. The number of hydrogen-bond acceptors (Lipinski definition) is 8. The summed E-state index contributed by atoms with van der Waals surface area (Å²) < 4.78 is 16.2. The van der Waals surface area contributed by atoms with E-state index < -0.39 is 36.6 Å². The Morgan fingerprint density at radius 1 is 1.26 bits per heavy atom. The molecule has 0 spiro atoms. The van der Waals surface area contributed by atoms with E-state index >= 15 is 0 Å². The van der Waals surface area contributed by atoms with Gasteiger partial charge in [-0.3, -0.25) is 0 Å². The van der Waals surface area contributed by atoms with Crippen molar-refractivity contribution >= 4 is 5.78 Å². The summed E-state index contributed by atoms with van der Waals surface area (Å²) in [6.07, 6.45) is -1.59. The van der Waals surface area contributed by atoms with Gasteiger partial charge in [0.05, 0.1) is 32.0 Å². The maximum absolute atomic E-state index is 11.0. The number of Topliss-reactive ketones (excluding diaryl/α,β-unsaturated/α-hetero) is 1. The van der Waals surface area contributed by atoms with Gasteiger partial charge in [-0.25, -0.2) is 0 Å². The van der Waals surface area contributed by atoms with Gasteiger partial charge in [0.25, 0.3) is 0 Å². The molecule has 27 heavy (non-hydrogen) atoms. The number of methoxy groups -OCH3 is 1. The van der Waals surface area contributed by atoms with E-state index in [9.17, 15) is 20.1 Å². The van der Waals surface area contributed by atoms with Crippen molar-refractivity contribution in [3.8, 4) is 0 Å². The van der Waals surface area contributed by atoms with Crippen molar-refractivity contribution in [2.75, 3.05) is 26.9 Å². The fraction of sp³-hybridized carbons (Fsp3) is 0.941. The summed E-state index contributed by atoms with van der Waals surface area (Å²) >= 11 is 0. The Labute approximate surface area is 159 Å².